The van der Waals surface area contributed by atoms with Crippen molar-refractivity contribution in [3.8, 4) is 0 Å². The highest BCUT2D eigenvalue weighted by molar-refractivity contribution is 6.01. The number of fused-ring (bicyclic) bond motifs is 2. The summed E-state index contributed by atoms with van der Waals surface area (Å²) >= 11 is 0. The summed E-state index contributed by atoms with van der Waals surface area (Å²) in [6, 6.07) is 7.79. The van der Waals surface area contributed by atoms with Crippen LogP contribution in [0.3, 0.4) is 0 Å². The van der Waals surface area contributed by atoms with E-state index >= 15 is 0 Å². The molecule has 3 aliphatic heterocycles. The van der Waals surface area contributed by atoms with E-state index in [2.05, 4.69) is 26.2 Å². The summed E-state index contributed by atoms with van der Waals surface area (Å²) in [5, 5.41) is 11.8. The number of benzene rings is 1. The van der Waals surface area contributed by atoms with Crippen LogP contribution in [0.5, 0.6) is 0 Å². The molecule has 3 amide bonds. The molecule has 8 nitrogen and oxygen atoms in total. The van der Waals surface area contributed by atoms with Gasteiger partial charge in [-0.15, -0.1) is 0 Å². The number of piperidine rings is 1. The molecule has 8 heteroatoms. The van der Waals surface area contributed by atoms with Crippen LogP contribution in [-0.2, 0) is 14.4 Å². The van der Waals surface area contributed by atoms with Crippen molar-refractivity contribution in [3.63, 3.8) is 0 Å². The number of amides is 3. The Morgan fingerprint density at radius 1 is 1.11 bits per heavy atom. The van der Waals surface area contributed by atoms with Crippen molar-refractivity contribution >= 4 is 29.1 Å². The number of piperazine rings is 1. The van der Waals surface area contributed by atoms with Crippen LogP contribution in [0, 0.1) is 0 Å². The largest absolute Gasteiger partial charge is 0.374 e. The summed E-state index contributed by atoms with van der Waals surface area (Å²) in [5.74, 6) is -0.567. The number of nitrogens with zero attached hydrogens (tertiary/aromatic N) is 1. The molecule has 2 bridgehead atoms. The minimum Gasteiger partial charge on any atom is -0.374 e. The fourth-order valence-electron chi connectivity index (χ4n) is 4.21. The van der Waals surface area contributed by atoms with E-state index in [9.17, 15) is 14.4 Å². The third-order valence-electron chi connectivity index (χ3n) is 5.58. The molecule has 144 valence electrons. The van der Waals surface area contributed by atoms with Crippen LogP contribution in [0.1, 0.15) is 25.7 Å². The van der Waals surface area contributed by atoms with Crippen LogP contribution >= 0.6 is 0 Å². The monoisotopic (exact) mass is 371 g/mol. The molecule has 0 radical (unpaired) electrons. The highest BCUT2D eigenvalue weighted by Crippen LogP contribution is 2.26. The molecule has 1 aromatic carbocycles. The molecule has 27 heavy (non-hydrogen) atoms. The predicted molar refractivity (Wildman–Crippen MR) is 101 cm³/mol. The van der Waals surface area contributed by atoms with Gasteiger partial charge in [0, 0.05) is 43.0 Å². The summed E-state index contributed by atoms with van der Waals surface area (Å²) in [6.45, 7) is 2.31. The van der Waals surface area contributed by atoms with Crippen molar-refractivity contribution < 1.29 is 14.4 Å². The second-order valence-corrected chi connectivity index (χ2v) is 7.49. The molecule has 0 spiro atoms. The first-order valence-electron chi connectivity index (χ1n) is 9.55. The summed E-state index contributed by atoms with van der Waals surface area (Å²) in [5.41, 5.74) is 1.43. The molecule has 3 atom stereocenters. The molecule has 3 aliphatic rings. The van der Waals surface area contributed by atoms with Crippen LogP contribution in [0.4, 0.5) is 11.4 Å². The van der Waals surface area contributed by atoms with Crippen LogP contribution in [0.15, 0.2) is 24.3 Å². The van der Waals surface area contributed by atoms with Gasteiger partial charge in [-0.2, -0.15) is 0 Å². The van der Waals surface area contributed by atoms with E-state index < -0.39 is 6.04 Å². The lowest BCUT2D eigenvalue weighted by molar-refractivity contribution is -0.133. The summed E-state index contributed by atoms with van der Waals surface area (Å²) in [4.78, 5) is 37.9. The second-order valence-electron chi connectivity index (χ2n) is 7.49. The van der Waals surface area contributed by atoms with Gasteiger partial charge in [-0.1, -0.05) is 6.07 Å². The maximum absolute atomic E-state index is 12.5. The van der Waals surface area contributed by atoms with E-state index in [-0.39, 0.29) is 17.7 Å². The fourth-order valence-corrected chi connectivity index (χ4v) is 4.21. The number of carbonyl (C=O) groups is 3. The van der Waals surface area contributed by atoms with Crippen molar-refractivity contribution in [1.29, 1.82) is 0 Å². The quantitative estimate of drug-likeness (QED) is 0.555. The van der Waals surface area contributed by atoms with E-state index in [4.69, 9.17) is 0 Å². The molecule has 0 saturated carbocycles. The van der Waals surface area contributed by atoms with Gasteiger partial charge in [0.1, 0.15) is 6.04 Å². The topological polar surface area (TPSA) is 103 Å². The summed E-state index contributed by atoms with van der Waals surface area (Å²) in [7, 11) is 0. The van der Waals surface area contributed by atoms with Crippen LogP contribution in [0.25, 0.3) is 0 Å². The predicted octanol–water partition coefficient (Wildman–Crippen LogP) is 0.278. The van der Waals surface area contributed by atoms with E-state index in [1.54, 1.807) is 0 Å². The molecule has 3 saturated heterocycles. The number of nitrogens with one attached hydrogen (secondary N) is 4. The third-order valence-corrected chi connectivity index (χ3v) is 5.58. The smallest absolute Gasteiger partial charge is 0.249 e. The van der Waals surface area contributed by atoms with Crippen LogP contribution in [-0.4, -0.2) is 60.4 Å². The van der Waals surface area contributed by atoms with Gasteiger partial charge in [-0.05, 0) is 37.5 Å². The van der Waals surface area contributed by atoms with E-state index in [0.717, 1.165) is 31.6 Å². The molecule has 3 unspecified atom stereocenters. The third kappa shape index (κ3) is 4.12. The maximum Gasteiger partial charge on any atom is 0.249 e. The molecule has 3 fully saturated rings. The van der Waals surface area contributed by atoms with Gasteiger partial charge < -0.3 is 16.0 Å². The number of imide groups is 1. The Bertz CT molecular complexity index is 737. The van der Waals surface area contributed by atoms with Gasteiger partial charge in [0.05, 0.1) is 6.54 Å². The first-order chi connectivity index (χ1) is 13.1. The van der Waals surface area contributed by atoms with Crippen LogP contribution < -0.4 is 21.3 Å². The van der Waals surface area contributed by atoms with Gasteiger partial charge in [-0.3, -0.25) is 24.6 Å². The molecule has 3 heterocycles. The zero-order chi connectivity index (χ0) is 18.8. The van der Waals surface area contributed by atoms with E-state index in [1.807, 2.05) is 24.3 Å². The Labute approximate surface area is 158 Å². The minimum absolute atomic E-state index is 0.0213. The standard InChI is InChI=1S/C19H25N5O3/c25-17-7-6-16(19(27)23-17)21-12-2-1-3-13(8-12)22-18(26)11-24-14-4-5-15(24)10-20-9-14/h1-3,8,14-16,20-21H,4-7,9-11H2,(H,22,26)(H,23,25,27). The molecule has 0 aliphatic carbocycles. The van der Waals surface area contributed by atoms with Gasteiger partial charge in [-0.25, -0.2) is 0 Å². The van der Waals surface area contributed by atoms with Gasteiger partial charge in [0.15, 0.2) is 0 Å². The SMILES string of the molecule is O=C1CCC(Nc2cccc(NC(=O)CN3C4CCC3CNC4)c2)C(=O)N1. The Balaban J connectivity index is 1.34. The first kappa shape index (κ1) is 17.9. The molecular weight excluding hydrogens is 346 g/mol. The van der Waals surface area contributed by atoms with Gasteiger partial charge in [0.25, 0.3) is 0 Å². The fraction of sp³-hybridized carbons (Fsp3) is 0.526. The zero-order valence-electron chi connectivity index (χ0n) is 15.2. The Morgan fingerprint density at radius 3 is 2.59 bits per heavy atom. The van der Waals surface area contributed by atoms with Crippen molar-refractivity contribution in [1.82, 2.24) is 15.5 Å². The Hall–Kier alpha value is -2.45. The normalized spacial score (nSPS) is 27.9. The number of hydrogen-bond acceptors (Lipinski definition) is 6. The van der Waals surface area contributed by atoms with Crippen molar-refractivity contribution in [2.45, 2.75) is 43.8 Å². The van der Waals surface area contributed by atoms with E-state index in [0.29, 0.717) is 37.2 Å². The average Bonchev–Trinajstić information content (AvgIpc) is 2.85. The van der Waals surface area contributed by atoms with E-state index in [1.165, 1.54) is 0 Å². The lowest BCUT2D eigenvalue weighted by Crippen LogP contribution is -2.53. The van der Waals surface area contributed by atoms with Crippen molar-refractivity contribution in [3.05, 3.63) is 24.3 Å². The molecule has 1 aromatic rings. The Morgan fingerprint density at radius 2 is 1.85 bits per heavy atom. The van der Waals surface area contributed by atoms with Gasteiger partial charge >= 0.3 is 0 Å². The number of rotatable bonds is 5. The maximum atomic E-state index is 12.5. The number of anilines is 2. The molecular formula is C19H25N5O3. The highest BCUT2D eigenvalue weighted by atomic mass is 16.2. The van der Waals surface area contributed by atoms with Gasteiger partial charge in [0.2, 0.25) is 17.7 Å². The summed E-state index contributed by atoms with van der Waals surface area (Å²) in [6.07, 6.45) is 3.09. The first-order valence-corrected chi connectivity index (χ1v) is 9.55. The lowest BCUT2D eigenvalue weighted by atomic mass is 10.1. The number of hydrogen-bond donors (Lipinski definition) is 4. The second kappa shape index (κ2) is 7.66. The Kier molecular flexibility index (Phi) is 5.09. The van der Waals surface area contributed by atoms with Crippen LogP contribution in [0.2, 0.25) is 0 Å². The zero-order valence-corrected chi connectivity index (χ0v) is 15.2. The summed E-state index contributed by atoms with van der Waals surface area (Å²) < 4.78 is 0. The molecule has 0 aromatic heterocycles. The van der Waals surface area contributed by atoms with Crippen molar-refractivity contribution in [2.75, 3.05) is 30.3 Å². The molecule has 4 rings (SSSR count). The number of carbonyl (C=O) groups excluding carboxylic acids is 3. The minimum atomic E-state index is -0.440. The lowest BCUT2D eigenvalue weighted by Gasteiger charge is -2.34. The highest BCUT2D eigenvalue weighted by Gasteiger charge is 2.37. The molecule has 4 N–H and O–H groups in total. The average molecular weight is 371 g/mol. The van der Waals surface area contributed by atoms with Crippen molar-refractivity contribution in [2.24, 2.45) is 0 Å².